The van der Waals surface area contributed by atoms with Crippen molar-refractivity contribution < 1.29 is 14.3 Å². The van der Waals surface area contributed by atoms with Gasteiger partial charge in [0.15, 0.2) is 0 Å². The number of likely N-dealkylation sites (tertiary alicyclic amines) is 1. The van der Waals surface area contributed by atoms with E-state index in [1.807, 2.05) is 31.2 Å². The molecule has 3 rings (SSSR count). The van der Waals surface area contributed by atoms with Crippen LogP contribution in [-0.4, -0.2) is 40.1 Å². The molecule has 1 aliphatic heterocycles. The van der Waals surface area contributed by atoms with Gasteiger partial charge in [0.1, 0.15) is 16.8 Å². The third kappa shape index (κ3) is 3.79. The molecule has 1 aromatic carbocycles. The summed E-state index contributed by atoms with van der Waals surface area (Å²) in [5.74, 6) is 0.454. The van der Waals surface area contributed by atoms with Gasteiger partial charge in [0.25, 0.3) is 0 Å². The summed E-state index contributed by atoms with van der Waals surface area (Å²) in [4.78, 5) is 26.5. The number of amides is 2. The van der Waals surface area contributed by atoms with Crippen molar-refractivity contribution in [1.29, 1.82) is 0 Å². The molecule has 1 atom stereocenters. The van der Waals surface area contributed by atoms with E-state index in [0.717, 1.165) is 17.0 Å². The van der Waals surface area contributed by atoms with Gasteiger partial charge in [-0.1, -0.05) is 36.5 Å². The van der Waals surface area contributed by atoms with Crippen LogP contribution in [0, 0.1) is 0 Å². The summed E-state index contributed by atoms with van der Waals surface area (Å²) in [5, 5.41) is 12.1. The highest BCUT2D eigenvalue weighted by molar-refractivity contribution is 7.15. The van der Waals surface area contributed by atoms with E-state index in [2.05, 4.69) is 15.5 Å². The molecule has 132 valence electrons. The van der Waals surface area contributed by atoms with Crippen LogP contribution in [0.4, 0.5) is 5.13 Å². The Balaban J connectivity index is 1.73. The van der Waals surface area contributed by atoms with Crippen molar-refractivity contribution in [3.8, 4) is 5.75 Å². The Morgan fingerprint density at radius 3 is 2.92 bits per heavy atom. The molecule has 0 spiro atoms. The van der Waals surface area contributed by atoms with Gasteiger partial charge in [-0.2, -0.15) is 0 Å². The molecule has 0 radical (unpaired) electrons. The molecule has 0 saturated carbocycles. The number of aryl methyl sites for hydroxylation is 1. The Kier molecular flexibility index (Phi) is 5.28. The summed E-state index contributed by atoms with van der Waals surface area (Å²) in [6.07, 6.45) is 1.64. The van der Waals surface area contributed by atoms with Crippen LogP contribution in [0.2, 0.25) is 0 Å². The van der Waals surface area contributed by atoms with Crippen molar-refractivity contribution in [2.45, 2.75) is 38.8 Å². The smallest absolute Gasteiger partial charge is 0.249 e. The zero-order valence-electron chi connectivity index (χ0n) is 14.2. The van der Waals surface area contributed by atoms with E-state index in [9.17, 15) is 9.59 Å². The van der Waals surface area contributed by atoms with Gasteiger partial charge in [-0.15, -0.1) is 10.2 Å². The first kappa shape index (κ1) is 17.3. The lowest BCUT2D eigenvalue weighted by molar-refractivity contribution is -0.133. The SMILES string of the molecule is CCc1nnc(NC(=O)[C@H]2CCC(=O)N2Cc2ccccc2OC)s1. The number of ether oxygens (including phenoxy) is 1. The number of methoxy groups -OCH3 is 1. The molecule has 8 heteroatoms. The fourth-order valence-corrected chi connectivity index (χ4v) is 3.54. The molecule has 7 nitrogen and oxygen atoms in total. The topological polar surface area (TPSA) is 84.4 Å². The third-order valence-electron chi connectivity index (χ3n) is 4.16. The number of carbonyl (C=O) groups is 2. The molecule has 1 fully saturated rings. The van der Waals surface area contributed by atoms with E-state index in [-0.39, 0.29) is 11.8 Å². The maximum atomic E-state index is 12.6. The number of para-hydroxylation sites is 1. The van der Waals surface area contributed by atoms with E-state index in [0.29, 0.717) is 30.3 Å². The molecule has 0 bridgehead atoms. The lowest BCUT2D eigenvalue weighted by Gasteiger charge is -2.24. The van der Waals surface area contributed by atoms with E-state index < -0.39 is 6.04 Å². The fourth-order valence-electron chi connectivity index (χ4n) is 2.86. The van der Waals surface area contributed by atoms with Gasteiger partial charge in [0.2, 0.25) is 16.9 Å². The Hall–Kier alpha value is -2.48. The highest BCUT2D eigenvalue weighted by atomic mass is 32.1. The molecule has 1 N–H and O–H groups in total. The van der Waals surface area contributed by atoms with Gasteiger partial charge in [0.05, 0.1) is 13.7 Å². The number of benzene rings is 1. The van der Waals surface area contributed by atoms with Crippen LogP contribution in [0.15, 0.2) is 24.3 Å². The van der Waals surface area contributed by atoms with Gasteiger partial charge in [-0.25, -0.2) is 0 Å². The van der Waals surface area contributed by atoms with Crippen LogP contribution in [0.5, 0.6) is 5.75 Å². The largest absolute Gasteiger partial charge is 0.496 e. The van der Waals surface area contributed by atoms with Gasteiger partial charge < -0.3 is 9.64 Å². The first-order valence-electron chi connectivity index (χ1n) is 8.17. The molecule has 1 saturated heterocycles. The van der Waals surface area contributed by atoms with Gasteiger partial charge in [0, 0.05) is 12.0 Å². The number of hydrogen-bond donors (Lipinski definition) is 1. The van der Waals surface area contributed by atoms with Crippen molar-refractivity contribution in [1.82, 2.24) is 15.1 Å². The van der Waals surface area contributed by atoms with Crippen molar-refractivity contribution >= 4 is 28.3 Å². The summed E-state index contributed by atoms with van der Waals surface area (Å²) < 4.78 is 5.34. The number of nitrogens with one attached hydrogen (secondary N) is 1. The summed E-state index contributed by atoms with van der Waals surface area (Å²) in [7, 11) is 1.59. The monoisotopic (exact) mass is 360 g/mol. The quantitative estimate of drug-likeness (QED) is 0.854. The normalized spacial score (nSPS) is 17.0. The van der Waals surface area contributed by atoms with Crippen LogP contribution in [0.1, 0.15) is 30.3 Å². The average molecular weight is 360 g/mol. The summed E-state index contributed by atoms with van der Waals surface area (Å²) in [6, 6.07) is 7.00. The summed E-state index contributed by atoms with van der Waals surface area (Å²) in [5.41, 5.74) is 0.877. The molecular formula is C17H20N4O3S. The molecule has 2 heterocycles. The molecule has 2 aromatic rings. The highest BCUT2D eigenvalue weighted by Gasteiger charge is 2.36. The first-order valence-corrected chi connectivity index (χ1v) is 8.98. The number of carbonyl (C=O) groups excluding carboxylic acids is 2. The minimum Gasteiger partial charge on any atom is -0.496 e. The lowest BCUT2D eigenvalue weighted by Crippen LogP contribution is -2.41. The molecular weight excluding hydrogens is 340 g/mol. The summed E-state index contributed by atoms with van der Waals surface area (Å²) in [6.45, 7) is 2.33. The van der Waals surface area contributed by atoms with Crippen LogP contribution in [-0.2, 0) is 22.6 Å². The Morgan fingerprint density at radius 1 is 1.40 bits per heavy atom. The highest BCUT2D eigenvalue weighted by Crippen LogP contribution is 2.27. The van der Waals surface area contributed by atoms with Crippen LogP contribution >= 0.6 is 11.3 Å². The minimum absolute atomic E-state index is 0.0300. The van der Waals surface area contributed by atoms with E-state index >= 15 is 0 Å². The van der Waals surface area contributed by atoms with Crippen LogP contribution in [0.3, 0.4) is 0 Å². The van der Waals surface area contributed by atoms with Crippen molar-refractivity contribution in [2.75, 3.05) is 12.4 Å². The lowest BCUT2D eigenvalue weighted by atomic mass is 10.1. The standard InChI is InChI=1S/C17H20N4O3S/c1-3-14-19-20-17(25-14)18-16(23)12-8-9-15(22)21(12)10-11-6-4-5-7-13(11)24-2/h4-7,12H,3,8-10H2,1-2H3,(H,18,20,23)/t12-/m1/s1. The number of aromatic nitrogens is 2. The fraction of sp³-hybridized carbons (Fsp3) is 0.412. The Labute approximate surface area is 150 Å². The number of rotatable bonds is 6. The minimum atomic E-state index is -0.508. The van der Waals surface area contributed by atoms with Crippen molar-refractivity contribution in [3.63, 3.8) is 0 Å². The van der Waals surface area contributed by atoms with Crippen molar-refractivity contribution in [2.24, 2.45) is 0 Å². The van der Waals surface area contributed by atoms with E-state index in [1.54, 1.807) is 12.0 Å². The first-order chi connectivity index (χ1) is 12.1. The van der Waals surface area contributed by atoms with Gasteiger partial charge in [-0.3, -0.25) is 14.9 Å². The maximum Gasteiger partial charge on any atom is 0.249 e. The molecule has 1 aromatic heterocycles. The van der Waals surface area contributed by atoms with Crippen molar-refractivity contribution in [3.05, 3.63) is 34.8 Å². The molecule has 0 aliphatic carbocycles. The van der Waals surface area contributed by atoms with Crippen LogP contribution in [0.25, 0.3) is 0 Å². The third-order valence-corrected chi connectivity index (χ3v) is 5.15. The predicted octanol–water partition coefficient (Wildman–Crippen LogP) is 2.24. The Morgan fingerprint density at radius 2 is 2.20 bits per heavy atom. The van der Waals surface area contributed by atoms with E-state index in [1.165, 1.54) is 11.3 Å². The van der Waals surface area contributed by atoms with Gasteiger partial charge >= 0.3 is 0 Å². The second-order valence-electron chi connectivity index (χ2n) is 5.73. The zero-order valence-corrected chi connectivity index (χ0v) is 15.0. The molecule has 25 heavy (non-hydrogen) atoms. The summed E-state index contributed by atoms with van der Waals surface area (Å²) >= 11 is 1.35. The number of hydrogen-bond acceptors (Lipinski definition) is 6. The number of anilines is 1. The second-order valence-corrected chi connectivity index (χ2v) is 6.79. The van der Waals surface area contributed by atoms with Crippen LogP contribution < -0.4 is 10.1 Å². The molecule has 0 unspecified atom stereocenters. The second kappa shape index (κ2) is 7.60. The maximum absolute atomic E-state index is 12.6. The average Bonchev–Trinajstić information content (AvgIpc) is 3.22. The van der Waals surface area contributed by atoms with E-state index in [4.69, 9.17) is 4.74 Å². The Bertz CT molecular complexity index is 777. The predicted molar refractivity (Wildman–Crippen MR) is 94.5 cm³/mol. The van der Waals surface area contributed by atoms with Gasteiger partial charge in [-0.05, 0) is 18.9 Å². The zero-order chi connectivity index (χ0) is 17.8. The molecule has 2 amide bonds. The number of nitrogens with zero attached hydrogens (tertiary/aromatic N) is 3. The molecule has 1 aliphatic rings.